The summed E-state index contributed by atoms with van der Waals surface area (Å²) in [5.74, 6) is 0. The number of nitrogens with zero attached hydrogens (tertiary/aromatic N) is 1. The van der Waals surface area contributed by atoms with Crippen molar-refractivity contribution in [3.05, 3.63) is 108 Å². The molecule has 1 nitrogen and oxygen atoms in total. The van der Waals surface area contributed by atoms with Gasteiger partial charge in [0.25, 0.3) is 0 Å². The fraction of sp³-hybridized carbons (Fsp3) is 0.103. The molecule has 150 valence electrons. The highest BCUT2D eigenvalue weighted by molar-refractivity contribution is 8.02. The second-order valence-corrected chi connectivity index (χ2v) is 9.70. The Bertz CT molecular complexity index is 1500. The summed E-state index contributed by atoms with van der Waals surface area (Å²) in [5.41, 5.74) is 9.20. The molecule has 0 unspecified atom stereocenters. The Morgan fingerprint density at radius 3 is 2.39 bits per heavy atom. The van der Waals surface area contributed by atoms with E-state index in [1.54, 1.807) is 11.8 Å². The molecule has 0 aliphatic heterocycles. The largest absolute Gasteiger partial charge is 0.308 e. The Balaban J connectivity index is 1.69. The van der Waals surface area contributed by atoms with Crippen LogP contribution < -0.4 is 0 Å². The number of hydrogen-bond donors (Lipinski definition) is 0. The van der Waals surface area contributed by atoms with Crippen LogP contribution in [0.3, 0.4) is 0 Å². The van der Waals surface area contributed by atoms with Gasteiger partial charge in [0, 0.05) is 26.8 Å². The Morgan fingerprint density at radius 2 is 1.52 bits per heavy atom. The van der Waals surface area contributed by atoms with Gasteiger partial charge in [0.15, 0.2) is 0 Å². The first-order valence-electron chi connectivity index (χ1n) is 10.7. The standard InChI is InChI=1S/C29H23NS/c1-4-31-27-15-9-12-23-22-11-6-8-14-26(22)30(28(23)27)19-16-17-21-20-10-5-7-13-24(20)29(2,3)25(21)18-19/h4-18H,1H2,2-3H3. The van der Waals surface area contributed by atoms with Gasteiger partial charge < -0.3 is 4.57 Å². The van der Waals surface area contributed by atoms with E-state index in [1.165, 1.54) is 54.6 Å². The Labute approximate surface area is 187 Å². The summed E-state index contributed by atoms with van der Waals surface area (Å²) >= 11 is 1.69. The van der Waals surface area contributed by atoms with E-state index in [-0.39, 0.29) is 5.41 Å². The summed E-state index contributed by atoms with van der Waals surface area (Å²) < 4.78 is 2.43. The molecule has 1 aliphatic rings. The lowest BCUT2D eigenvalue weighted by molar-refractivity contribution is 0.660. The molecule has 0 radical (unpaired) electrons. The molecular formula is C29H23NS. The predicted octanol–water partition coefficient (Wildman–Crippen LogP) is 8.33. The summed E-state index contributed by atoms with van der Waals surface area (Å²) in [6, 6.07) is 31.1. The average molecular weight is 418 g/mol. The molecule has 1 aliphatic carbocycles. The van der Waals surface area contributed by atoms with E-state index in [4.69, 9.17) is 0 Å². The Hall–Kier alpha value is -3.23. The Morgan fingerprint density at radius 1 is 0.774 bits per heavy atom. The van der Waals surface area contributed by atoms with Gasteiger partial charge in [-0.2, -0.15) is 0 Å². The van der Waals surface area contributed by atoms with E-state index in [1.807, 2.05) is 5.41 Å². The van der Waals surface area contributed by atoms with Crippen LogP contribution in [0, 0.1) is 0 Å². The van der Waals surface area contributed by atoms with Gasteiger partial charge in [0.2, 0.25) is 0 Å². The molecule has 0 fully saturated rings. The number of benzene rings is 4. The molecule has 1 aromatic heterocycles. The van der Waals surface area contributed by atoms with Gasteiger partial charge in [-0.1, -0.05) is 92.9 Å². The predicted molar refractivity (Wildman–Crippen MR) is 134 cm³/mol. The fourth-order valence-electron chi connectivity index (χ4n) is 5.27. The highest BCUT2D eigenvalue weighted by Crippen LogP contribution is 2.49. The Kier molecular flexibility index (Phi) is 3.97. The third-order valence-corrected chi connectivity index (χ3v) is 7.44. The number of para-hydroxylation sites is 2. The van der Waals surface area contributed by atoms with E-state index in [2.05, 4.69) is 110 Å². The van der Waals surface area contributed by atoms with E-state index >= 15 is 0 Å². The molecule has 0 saturated heterocycles. The fourth-order valence-corrected chi connectivity index (χ4v) is 5.92. The molecule has 4 aromatic carbocycles. The summed E-state index contributed by atoms with van der Waals surface area (Å²) in [5, 5.41) is 4.48. The first-order valence-corrected chi connectivity index (χ1v) is 11.5. The summed E-state index contributed by atoms with van der Waals surface area (Å²) in [4.78, 5) is 1.23. The highest BCUT2D eigenvalue weighted by atomic mass is 32.2. The van der Waals surface area contributed by atoms with Gasteiger partial charge in [0.05, 0.1) is 11.0 Å². The topological polar surface area (TPSA) is 4.93 Å². The van der Waals surface area contributed by atoms with Crippen molar-refractivity contribution in [3.63, 3.8) is 0 Å². The molecule has 5 aromatic rings. The molecule has 0 bridgehead atoms. The van der Waals surface area contributed by atoms with E-state index in [0.29, 0.717) is 0 Å². The van der Waals surface area contributed by atoms with Crippen molar-refractivity contribution in [2.75, 3.05) is 0 Å². The minimum absolute atomic E-state index is 0.0145. The monoisotopic (exact) mass is 417 g/mol. The van der Waals surface area contributed by atoms with Gasteiger partial charge in [-0.15, -0.1) is 0 Å². The number of thioether (sulfide) groups is 1. The third kappa shape index (κ3) is 2.52. The zero-order valence-corrected chi connectivity index (χ0v) is 18.5. The normalized spacial score (nSPS) is 14.0. The van der Waals surface area contributed by atoms with Crippen molar-refractivity contribution in [1.82, 2.24) is 4.57 Å². The average Bonchev–Trinajstić information content (AvgIpc) is 3.25. The number of fused-ring (bicyclic) bond motifs is 6. The number of hydrogen-bond acceptors (Lipinski definition) is 1. The van der Waals surface area contributed by atoms with Crippen LogP contribution >= 0.6 is 11.8 Å². The molecule has 1 heterocycles. The molecule has 0 spiro atoms. The molecule has 31 heavy (non-hydrogen) atoms. The van der Waals surface area contributed by atoms with Gasteiger partial charge in [-0.05, 0) is 51.9 Å². The third-order valence-electron chi connectivity index (χ3n) is 6.69. The lowest BCUT2D eigenvalue weighted by Crippen LogP contribution is -2.15. The van der Waals surface area contributed by atoms with Gasteiger partial charge >= 0.3 is 0 Å². The first-order chi connectivity index (χ1) is 15.1. The van der Waals surface area contributed by atoms with Crippen LogP contribution in [0.25, 0.3) is 38.6 Å². The smallest absolute Gasteiger partial charge is 0.0680 e. The van der Waals surface area contributed by atoms with Crippen LogP contribution in [-0.4, -0.2) is 4.57 Å². The van der Waals surface area contributed by atoms with Crippen molar-refractivity contribution in [2.45, 2.75) is 24.2 Å². The summed E-state index contributed by atoms with van der Waals surface area (Å²) in [7, 11) is 0. The molecule has 0 atom stereocenters. The van der Waals surface area contributed by atoms with Crippen molar-refractivity contribution >= 4 is 33.6 Å². The highest BCUT2D eigenvalue weighted by Gasteiger charge is 2.35. The van der Waals surface area contributed by atoms with Crippen LogP contribution in [0.15, 0.2) is 102 Å². The van der Waals surface area contributed by atoms with Crippen LogP contribution in [-0.2, 0) is 5.41 Å². The zero-order chi connectivity index (χ0) is 21.2. The molecule has 6 rings (SSSR count). The van der Waals surface area contributed by atoms with E-state index in [0.717, 1.165) is 0 Å². The van der Waals surface area contributed by atoms with Gasteiger partial charge in [0.1, 0.15) is 0 Å². The molecule has 0 amide bonds. The SMILES string of the molecule is C=CSc1cccc2c3ccccc3n(-c3ccc4c(c3)C(C)(C)c3ccccc3-4)c12. The van der Waals surface area contributed by atoms with Crippen molar-refractivity contribution in [2.24, 2.45) is 0 Å². The lowest BCUT2D eigenvalue weighted by atomic mass is 9.82. The van der Waals surface area contributed by atoms with Crippen molar-refractivity contribution in [1.29, 1.82) is 0 Å². The minimum Gasteiger partial charge on any atom is -0.308 e. The minimum atomic E-state index is -0.0145. The van der Waals surface area contributed by atoms with Crippen LogP contribution in [0.1, 0.15) is 25.0 Å². The van der Waals surface area contributed by atoms with Gasteiger partial charge in [-0.3, -0.25) is 0 Å². The molecular weight excluding hydrogens is 394 g/mol. The molecule has 0 saturated carbocycles. The van der Waals surface area contributed by atoms with Crippen LogP contribution in [0.4, 0.5) is 0 Å². The van der Waals surface area contributed by atoms with Crippen LogP contribution in [0.2, 0.25) is 0 Å². The number of aromatic nitrogens is 1. The van der Waals surface area contributed by atoms with Crippen molar-refractivity contribution in [3.8, 4) is 16.8 Å². The number of rotatable bonds is 3. The summed E-state index contributed by atoms with van der Waals surface area (Å²) in [6.07, 6.45) is 0. The first kappa shape index (κ1) is 18.5. The maximum Gasteiger partial charge on any atom is 0.0680 e. The summed E-state index contributed by atoms with van der Waals surface area (Å²) in [6.45, 7) is 8.64. The van der Waals surface area contributed by atoms with Crippen molar-refractivity contribution < 1.29 is 0 Å². The van der Waals surface area contributed by atoms with E-state index in [9.17, 15) is 0 Å². The zero-order valence-electron chi connectivity index (χ0n) is 17.7. The van der Waals surface area contributed by atoms with E-state index < -0.39 is 0 Å². The maximum absolute atomic E-state index is 3.96. The lowest BCUT2D eigenvalue weighted by Gasteiger charge is -2.22. The second kappa shape index (κ2) is 6.63. The van der Waals surface area contributed by atoms with Gasteiger partial charge in [-0.25, -0.2) is 0 Å². The maximum atomic E-state index is 3.96. The second-order valence-electron chi connectivity index (χ2n) is 8.69. The molecule has 2 heteroatoms. The quantitative estimate of drug-likeness (QED) is 0.267. The molecule has 0 N–H and O–H groups in total. The van der Waals surface area contributed by atoms with Crippen LogP contribution in [0.5, 0.6) is 0 Å².